The number of furan rings is 1. The van der Waals surface area contributed by atoms with E-state index in [1.54, 1.807) is 0 Å². The molecule has 2 bridgehead atoms. The van der Waals surface area contributed by atoms with E-state index < -0.39 is 0 Å². The van der Waals surface area contributed by atoms with Gasteiger partial charge in [-0.2, -0.15) is 5.26 Å². The van der Waals surface area contributed by atoms with Crippen molar-refractivity contribution < 1.29 is 4.42 Å². The van der Waals surface area contributed by atoms with Gasteiger partial charge in [-0.1, -0.05) is 81.4 Å². The number of likely N-dealkylation sites (tertiary alicyclic amines) is 1. The molecule has 1 saturated heterocycles. The molecule has 162 valence electrons. The summed E-state index contributed by atoms with van der Waals surface area (Å²) in [6.07, 6.45) is 5.53. The van der Waals surface area contributed by atoms with Crippen molar-refractivity contribution in [2.24, 2.45) is 15.8 Å². The molecule has 2 aromatic carbocycles. The summed E-state index contributed by atoms with van der Waals surface area (Å²) in [6, 6.07) is 22.8. The third-order valence-corrected chi connectivity index (χ3v) is 6.88. The minimum absolute atomic E-state index is 0.323. The SMILES string of the molecule is CC1(C)C[C@H]2C[C@@](C)(CN2C=Nc2oc(-c3ccccc3)c(-c3ccccc3)c2C#N)C1. The Morgan fingerprint density at radius 1 is 1.00 bits per heavy atom. The van der Waals surface area contributed by atoms with Gasteiger partial charge < -0.3 is 9.32 Å². The van der Waals surface area contributed by atoms with E-state index in [-0.39, 0.29) is 0 Å². The van der Waals surface area contributed by atoms with Crippen molar-refractivity contribution in [2.75, 3.05) is 6.54 Å². The molecule has 2 aliphatic rings. The summed E-state index contributed by atoms with van der Waals surface area (Å²) in [4.78, 5) is 7.11. The Morgan fingerprint density at radius 2 is 1.66 bits per heavy atom. The summed E-state index contributed by atoms with van der Waals surface area (Å²) in [5.41, 5.74) is 3.86. The van der Waals surface area contributed by atoms with E-state index in [0.29, 0.717) is 34.1 Å². The maximum absolute atomic E-state index is 10.1. The van der Waals surface area contributed by atoms with E-state index in [2.05, 4.69) is 31.7 Å². The first-order chi connectivity index (χ1) is 15.4. The Hall–Kier alpha value is -3.32. The summed E-state index contributed by atoms with van der Waals surface area (Å²) in [5, 5.41) is 10.1. The highest BCUT2D eigenvalue weighted by molar-refractivity contribution is 5.88. The summed E-state index contributed by atoms with van der Waals surface area (Å²) in [7, 11) is 0. The highest BCUT2D eigenvalue weighted by Gasteiger charge is 2.48. The molecule has 5 rings (SSSR count). The fourth-order valence-electron chi connectivity index (χ4n) is 6.05. The van der Waals surface area contributed by atoms with Crippen molar-refractivity contribution >= 4 is 12.2 Å². The monoisotopic (exact) mass is 423 g/mol. The van der Waals surface area contributed by atoms with Crippen LogP contribution >= 0.6 is 0 Å². The van der Waals surface area contributed by atoms with Crippen LogP contribution in [-0.2, 0) is 0 Å². The van der Waals surface area contributed by atoms with E-state index in [9.17, 15) is 5.26 Å². The highest BCUT2D eigenvalue weighted by atomic mass is 16.4. The molecule has 0 N–H and O–H groups in total. The fourth-order valence-corrected chi connectivity index (χ4v) is 6.05. The van der Waals surface area contributed by atoms with Crippen LogP contribution in [0.15, 0.2) is 70.1 Å². The Bertz CT molecular complexity index is 1190. The molecule has 2 heterocycles. The maximum atomic E-state index is 10.1. The van der Waals surface area contributed by atoms with Gasteiger partial charge in [-0.3, -0.25) is 0 Å². The van der Waals surface area contributed by atoms with E-state index >= 15 is 0 Å². The van der Waals surface area contributed by atoms with Crippen molar-refractivity contribution in [1.29, 1.82) is 5.26 Å². The lowest BCUT2D eigenvalue weighted by atomic mass is 9.65. The number of aliphatic imine (C=N–C) groups is 1. The first kappa shape index (κ1) is 20.6. The lowest BCUT2D eigenvalue weighted by Crippen LogP contribution is -2.34. The average molecular weight is 424 g/mol. The number of fused-ring (bicyclic) bond motifs is 2. The topological polar surface area (TPSA) is 52.5 Å². The molecular weight excluding hydrogens is 394 g/mol. The predicted octanol–water partition coefficient (Wildman–Crippen LogP) is 7.05. The quantitative estimate of drug-likeness (QED) is 0.334. The summed E-state index contributed by atoms with van der Waals surface area (Å²) in [6.45, 7) is 8.14. The minimum Gasteiger partial charge on any atom is -0.436 e. The largest absolute Gasteiger partial charge is 0.436 e. The second-order valence-electron chi connectivity index (χ2n) is 10.5. The molecule has 0 unspecified atom stereocenters. The minimum atomic E-state index is 0.323. The predicted molar refractivity (Wildman–Crippen MR) is 129 cm³/mol. The Kier molecular flexibility index (Phi) is 4.93. The standard InChI is InChI=1S/C28H29N3O/c1-27(2)14-22-15-28(3,17-27)18-31(22)19-30-26-23(16-29)24(20-10-6-4-7-11-20)25(32-26)21-12-8-5-9-13-21/h4-13,19,22H,14-15,17-18H2,1-3H3/t22-,28+/m0/s1. The summed E-state index contributed by atoms with van der Waals surface area (Å²) < 4.78 is 6.27. The van der Waals surface area contributed by atoms with Gasteiger partial charge in [0.25, 0.3) is 0 Å². The van der Waals surface area contributed by atoms with E-state index in [1.807, 2.05) is 67.0 Å². The van der Waals surface area contributed by atoms with Gasteiger partial charge in [0.1, 0.15) is 17.4 Å². The van der Waals surface area contributed by atoms with Crippen LogP contribution < -0.4 is 0 Å². The lowest BCUT2D eigenvalue weighted by molar-refractivity contribution is 0.133. The molecular formula is C28H29N3O. The molecule has 0 radical (unpaired) electrons. The maximum Gasteiger partial charge on any atom is 0.239 e. The average Bonchev–Trinajstić information content (AvgIpc) is 3.26. The Balaban J connectivity index is 1.56. The Morgan fingerprint density at radius 3 is 2.31 bits per heavy atom. The molecule has 2 fully saturated rings. The second kappa shape index (κ2) is 7.67. The zero-order valence-corrected chi connectivity index (χ0v) is 19.0. The third-order valence-electron chi connectivity index (χ3n) is 6.88. The number of hydrogen-bond donors (Lipinski definition) is 0. The van der Waals surface area contributed by atoms with Crippen LogP contribution in [0.25, 0.3) is 22.5 Å². The summed E-state index contributed by atoms with van der Waals surface area (Å²) in [5.74, 6) is 1.07. The molecule has 0 amide bonds. The molecule has 1 aliphatic carbocycles. The zero-order chi connectivity index (χ0) is 22.3. The van der Waals surface area contributed by atoms with Crippen molar-refractivity contribution in [3.8, 4) is 28.5 Å². The van der Waals surface area contributed by atoms with Crippen LogP contribution in [0.4, 0.5) is 5.88 Å². The third kappa shape index (κ3) is 3.73. The molecule has 1 aromatic heterocycles. The molecule has 3 aromatic rings. The van der Waals surface area contributed by atoms with Gasteiger partial charge in [-0.15, -0.1) is 0 Å². The smallest absolute Gasteiger partial charge is 0.239 e. The molecule has 4 nitrogen and oxygen atoms in total. The normalized spacial score (nSPS) is 24.1. The van der Waals surface area contributed by atoms with Gasteiger partial charge in [0.15, 0.2) is 0 Å². The number of nitriles is 1. The van der Waals surface area contributed by atoms with Gasteiger partial charge in [-0.05, 0) is 35.7 Å². The Labute approximate surface area is 190 Å². The number of nitrogens with zero attached hydrogens (tertiary/aromatic N) is 3. The van der Waals surface area contributed by atoms with Gasteiger partial charge in [0.05, 0.1) is 6.34 Å². The molecule has 1 aliphatic heterocycles. The van der Waals surface area contributed by atoms with Crippen LogP contribution in [0.1, 0.15) is 45.6 Å². The number of rotatable bonds is 4. The van der Waals surface area contributed by atoms with E-state index in [4.69, 9.17) is 9.41 Å². The van der Waals surface area contributed by atoms with Crippen LogP contribution in [0.3, 0.4) is 0 Å². The van der Waals surface area contributed by atoms with Crippen LogP contribution in [-0.4, -0.2) is 23.8 Å². The van der Waals surface area contributed by atoms with Crippen LogP contribution in [0.2, 0.25) is 0 Å². The second-order valence-corrected chi connectivity index (χ2v) is 10.5. The fraction of sp³-hybridized carbons (Fsp3) is 0.357. The van der Waals surface area contributed by atoms with Crippen molar-refractivity contribution in [2.45, 2.75) is 46.1 Å². The van der Waals surface area contributed by atoms with Gasteiger partial charge in [-0.25, -0.2) is 4.99 Å². The molecule has 2 atom stereocenters. The first-order valence-electron chi connectivity index (χ1n) is 11.4. The molecule has 0 spiro atoms. The molecule has 1 saturated carbocycles. The van der Waals surface area contributed by atoms with Gasteiger partial charge in [0, 0.05) is 23.7 Å². The van der Waals surface area contributed by atoms with Crippen LogP contribution in [0.5, 0.6) is 0 Å². The zero-order valence-electron chi connectivity index (χ0n) is 19.0. The van der Waals surface area contributed by atoms with E-state index in [0.717, 1.165) is 23.2 Å². The highest BCUT2D eigenvalue weighted by Crippen LogP contribution is 2.52. The van der Waals surface area contributed by atoms with Crippen molar-refractivity contribution in [3.05, 3.63) is 66.2 Å². The summed E-state index contributed by atoms with van der Waals surface area (Å²) >= 11 is 0. The van der Waals surface area contributed by atoms with Crippen molar-refractivity contribution in [1.82, 2.24) is 4.90 Å². The molecule has 4 heteroatoms. The van der Waals surface area contributed by atoms with Crippen LogP contribution in [0, 0.1) is 22.2 Å². The van der Waals surface area contributed by atoms with Crippen molar-refractivity contribution in [3.63, 3.8) is 0 Å². The van der Waals surface area contributed by atoms with Gasteiger partial charge >= 0.3 is 0 Å². The van der Waals surface area contributed by atoms with E-state index in [1.165, 1.54) is 19.3 Å². The lowest BCUT2D eigenvalue weighted by Gasteiger charge is -2.39. The number of benzene rings is 2. The van der Waals surface area contributed by atoms with Gasteiger partial charge in [0.2, 0.25) is 5.88 Å². The number of hydrogen-bond acceptors (Lipinski definition) is 3. The first-order valence-corrected chi connectivity index (χ1v) is 11.4. The molecule has 32 heavy (non-hydrogen) atoms.